The Kier molecular flexibility index (Phi) is 6.43. The van der Waals surface area contributed by atoms with E-state index in [1.807, 2.05) is 0 Å². The molecule has 1 aromatic heterocycles. The first kappa shape index (κ1) is 13.1. The molecule has 1 rings (SSSR count). The predicted octanol–water partition coefficient (Wildman–Crippen LogP) is 1.96. The zero-order valence-corrected chi connectivity index (χ0v) is 11.2. The lowest BCUT2D eigenvalue weighted by Gasteiger charge is -2.11. The molecule has 3 N–H and O–H groups in total. The van der Waals surface area contributed by atoms with Crippen molar-refractivity contribution < 1.29 is 4.74 Å². The van der Waals surface area contributed by atoms with Crippen LogP contribution in [0.15, 0.2) is 15.9 Å². The molecule has 3 nitrogen and oxygen atoms in total. The van der Waals surface area contributed by atoms with Crippen molar-refractivity contribution in [3.8, 4) is 0 Å². The van der Waals surface area contributed by atoms with Crippen molar-refractivity contribution in [3.05, 3.63) is 20.8 Å². The van der Waals surface area contributed by atoms with E-state index >= 15 is 0 Å². The molecule has 0 amide bonds. The molecule has 5 heteroatoms. The number of halogens is 1. The van der Waals surface area contributed by atoms with Crippen LogP contribution >= 0.6 is 27.3 Å². The molecule has 86 valence electrons. The third kappa shape index (κ3) is 5.63. The third-order valence-electron chi connectivity index (χ3n) is 2.02. The van der Waals surface area contributed by atoms with E-state index < -0.39 is 0 Å². The number of rotatable bonds is 7. The molecule has 1 unspecified atom stereocenters. The summed E-state index contributed by atoms with van der Waals surface area (Å²) in [6.07, 6.45) is 0.900. The van der Waals surface area contributed by atoms with Gasteiger partial charge in [-0.1, -0.05) is 0 Å². The second kappa shape index (κ2) is 7.35. The topological polar surface area (TPSA) is 47.3 Å². The quantitative estimate of drug-likeness (QED) is 0.808. The zero-order valence-electron chi connectivity index (χ0n) is 8.83. The number of hydrogen-bond donors (Lipinski definition) is 2. The van der Waals surface area contributed by atoms with Crippen LogP contribution in [0.1, 0.15) is 11.3 Å². The summed E-state index contributed by atoms with van der Waals surface area (Å²) >= 11 is 5.17. The van der Waals surface area contributed by atoms with Gasteiger partial charge in [-0.3, -0.25) is 0 Å². The van der Waals surface area contributed by atoms with Gasteiger partial charge in [-0.25, -0.2) is 0 Å². The smallest absolute Gasteiger partial charge is 0.0477 e. The maximum atomic E-state index is 5.88. The van der Waals surface area contributed by atoms with Crippen molar-refractivity contribution >= 4 is 27.3 Å². The minimum Gasteiger partial charge on any atom is -0.385 e. The van der Waals surface area contributed by atoms with Crippen molar-refractivity contribution in [1.82, 2.24) is 5.32 Å². The van der Waals surface area contributed by atoms with Crippen LogP contribution in [0.5, 0.6) is 0 Å². The monoisotopic (exact) mass is 292 g/mol. The highest BCUT2D eigenvalue weighted by Crippen LogP contribution is 2.19. The van der Waals surface area contributed by atoms with E-state index in [9.17, 15) is 0 Å². The van der Waals surface area contributed by atoms with Crippen LogP contribution in [0.2, 0.25) is 0 Å². The summed E-state index contributed by atoms with van der Waals surface area (Å²) in [6.45, 7) is 2.45. The first-order valence-corrected chi connectivity index (χ1v) is 6.57. The van der Waals surface area contributed by atoms with Gasteiger partial charge in [-0.05, 0) is 28.4 Å². The summed E-state index contributed by atoms with van der Waals surface area (Å²) in [4.78, 5) is 1.32. The molecule has 0 aromatic carbocycles. The summed E-state index contributed by atoms with van der Waals surface area (Å²) in [5.74, 6) is 0. The molecule has 0 radical (unpaired) electrons. The molecule has 0 saturated carbocycles. The molecule has 1 aromatic rings. The number of thiophene rings is 1. The largest absolute Gasteiger partial charge is 0.385 e. The maximum absolute atomic E-state index is 5.88. The molecular weight excluding hydrogens is 276 g/mol. The van der Waals surface area contributed by atoms with Gasteiger partial charge in [0.25, 0.3) is 0 Å². The Morgan fingerprint density at radius 1 is 1.67 bits per heavy atom. The van der Waals surface area contributed by atoms with Gasteiger partial charge in [0.1, 0.15) is 0 Å². The minimum absolute atomic E-state index is 0.174. The molecule has 0 aliphatic carbocycles. The fourth-order valence-corrected chi connectivity index (χ4v) is 2.62. The third-order valence-corrected chi connectivity index (χ3v) is 3.72. The highest BCUT2D eigenvalue weighted by molar-refractivity contribution is 9.10. The number of hydrogen-bond acceptors (Lipinski definition) is 4. The average molecular weight is 293 g/mol. The summed E-state index contributed by atoms with van der Waals surface area (Å²) in [5, 5.41) is 5.42. The molecule has 0 fully saturated rings. The van der Waals surface area contributed by atoms with E-state index in [-0.39, 0.29) is 6.04 Å². The highest BCUT2D eigenvalue weighted by Gasteiger charge is 2.02. The Labute approximate surface area is 103 Å². The average Bonchev–Trinajstić information content (AvgIpc) is 2.61. The molecule has 1 heterocycles. The molecule has 0 bridgehead atoms. The van der Waals surface area contributed by atoms with Crippen molar-refractivity contribution in [1.29, 1.82) is 0 Å². The molecular formula is C10H17BrN2OS. The second-order valence-electron chi connectivity index (χ2n) is 3.40. The molecule has 0 saturated heterocycles. The Morgan fingerprint density at radius 3 is 3.07 bits per heavy atom. The second-order valence-corrected chi connectivity index (χ2v) is 5.32. The van der Waals surface area contributed by atoms with Crippen LogP contribution in [0.4, 0.5) is 0 Å². The Hall–Kier alpha value is 0.0600. The Bertz CT molecular complexity index is 280. The van der Waals surface area contributed by atoms with Gasteiger partial charge in [0.05, 0.1) is 0 Å². The van der Waals surface area contributed by atoms with E-state index in [4.69, 9.17) is 10.5 Å². The van der Waals surface area contributed by atoms with Gasteiger partial charge >= 0.3 is 0 Å². The van der Waals surface area contributed by atoms with Gasteiger partial charge in [-0.2, -0.15) is 0 Å². The van der Waals surface area contributed by atoms with E-state index in [0.717, 1.165) is 30.6 Å². The van der Waals surface area contributed by atoms with Crippen LogP contribution in [0, 0.1) is 0 Å². The lowest BCUT2D eigenvalue weighted by Crippen LogP contribution is -2.34. The van der Waals surface area contributed by atoms with Gasteiger partial charge in [0.15, 0.2) is 0 Å². The van der Waals surface area contributed by atoms with Crippen molar-refractivity contribution in [2.75, 3.05) is 20.3 Å². The Morgan fingerprint density at radius 2 is 2.47 bits per heavy atom. The number of ether oxygens (including phenoxy) is 1. The summed E-state index contributed by atoms with van der Waals surface area (Å²) in [5.41, 5.74) is 5.88. The van der Waals surface area contributed by atoms with E-state index in [1.165, 1.54) is 4.88 Å². The van der Waals surface area contributed by atoms with Crippen LogP contribution < -0.4 is 11.1 Å². The van der Waals surface area contributed by atoms with Crippen molar-refractivity contribution in [2.45, 2.75) is 19.0 Å². The molecule has 15 heavy (non-hydrogen) atoms. The zero-order chi connectivity index (χ0) is 11.1. The summed E-state index contributed by atoms with van der Waals surface area (Å²) < 4.78 is 6.11. The van der Waals surface area contributed by atoms with Crippen molar-refractivity contribution in [3.63, 3.8) is 0 Å². The number of methoxy groups -OCH3 is 1. The van der Waals surface area contributed by atoms with Crippen LogP contribution in [-0.2, 0) is 11.3 Å². The first-order chi connectivity index (χ1) is 7.22. The van der Waals surface area contributed by atoms with Gasteiger partial charge in [0.2, 0.25) is 0 Å². The van der Waals surface area contributed by atoms with E-state index in [2.05, 4.69) is 32.7 Å². The van der Waals surface area contributed by atoms with Gasteiger partial charge in [-0.15, -0.1) is 11.3 Å². The SMILES string of the molecule is COCCC(N)CNCc1cc(Br)cs1. The van der Waals surface area contributed by atoms with Crippen molar-refractivity contribution in [2.24, 2.45) is 5.73 Å². The number of nitrogens with one attached hydrogen (secondary N) is 1. The van der Waals surface area contributed by atoms with E-state index in [1.54, 1.807) is 18.4 Å². The van der Waals surface area contributed by atoms with Crippen LogP contribution in [0.3, 0.4) is 0 Å². The van der Waals surface area contributed by atoms with Gasteiger partial charge < -0.3 is 15.8 Å². The fourth-order valence-electron chi connectivity index (χ4n) is 1.20. The first-order valence-electron chi connectivity index (χ1n) is 4.90. The maximum Gasteiger partial charge on any atom is 0.0477 e. The molecule has 1 atom stereocenters. The highest BCUT2D eigenvalue weighted by atomic mass is 79.9. The fraction of sp³-hybridized carbons (Fsp3) is 0.600. The lowest BCUT2D eigenvalue weighted by atomic mass is 10.2. The summed E-state index contributed by atoms with van der Waals surface area (Å²) in [6, 6.07) is 2.30. The minimum atomic E-state index is 0.174. The normalized spacial score (nSPS) is 13.0. The Balaban J connectivity index is 2.10. The predicted molar refractivity (Wildman–Crippen MR) is 68.2 cm³/mol. The molecule has 0 aliphatic heterocycles. The summed E-state index contributed by atoms with van der Waals surface area (Å²) in [7, 11) is 1.70. The molecule has 0 aliphatic rings. The standard InChI is InChI=1S/C10H17BrN2OS/c1-14-3-2-9(12)5-13-6-10-4-8(11)7-15-10/h4,7,9,13H,2-3,5-6,12H2,1H3. The van der Waals surface area contributed by atoms with E-state index in [0.29, 0.717) is 0 Å². The van der Waals surface area contributed by atoms with Crippen LogP contribution in [-0.4, -0.2) is 26.3 Å². The molecule has 0 spiro atoms. The van der Waals surface area contributed by atoms with Crippen LogP contribution in [0.25, 0.3) is 0 Å². The number of nitrogens with two attached hydrogens (primary N) is 1. The lowest BCUT2D eigenvalue weighted by molar-refractivity contribution is 0.187. The van der Waals surface area contributed by atoms with Gasteiger partial charge in [0, 0.05) is 47.6 Å².